The molecule has 0 saturated carbocycles. The van der Waals surface area contributed by atoms with E-state index in [1.807, 2.05) is 37.4 Å². The molecule has 0 fully saturated rings. The SMILES string of the molecule is CC(C)NC(=O)c1nc(C(=O)NCCN(C)C)c2n1CCCC2. The first-order chi connectivity index (χ1) is 10.9. The number of hydrogen-bond donors (Lipinski definition) is 2. The van der Waals surface area contributed by atoms with Crippen molar-refractivity contribution in [2.75, 3.05) is 27.2 Å². The van der Waals surface area contributed by atoms with Crippen LogP contribution in [-0.4, -0.2) is 59.5 Å². The second-order valence-corrected chi connectivity index (χ2v) is 6.53. The minimum Gasteiger partial charge on any atom is -0.349 e. The molecule has 0 spiro atoms. The molecule has 0 radical (unpaired) electrons. The molecule has 128 valence electrons. The number of carbonyl (C=O) groups excluding carboxylic acids is 2. The molecule has 2 amide bonds. The van der Waals surface area contributed by atoms with Gasteiger partial charge in [-0.2, -0.15) is 0 Å². The molecule has 0 aromatic carbocycles. The summed E-state index contributed by atoms with van der Waals surface area (Å²) >= 11 is 0. The van der Waals surface area contributed by atoms with Crippen LogP contribution in [0.3, 0.4) is 0 Å². The summed E-state index contributed by atoms with van der Waals surface area (Å²) in [6, 6.07) is 0.0383. The zero-order valence-corrected chi connectivity index (χ0v) is 14.5. The third-order valence-corrected chi connectivity index (χ3v) is 3.80. The molecule has 7 nitrogen and oxygen atoms in total. The van der Waals surface area contributed by atoms with Crippen molar-refractivity contribution in [3.8, 4) is 0 Å². The van der Waals surface area contributed by atoms with Gasteiger partial charge in [-0.3, -0.25) is 9.59 Å². The molecular weight excluding hydrogens is 294 g/mol. The van der Waals surface area contributed by atoms with Gasteiger partial charge in [0, 0.05) is 25.7 Å². The zero-order valence-electron chi connectivity index (χ0n) is 14.5. The van der Waals surface area contributed by atoms with Crippen molar-refractivity contribution >= 4 is 11.8 Å². The van der Waals surface area contributed by atoms with Gasteiger partial charge in [-0.15, -0.1) is 0 Å². The molecule has 0 saturated heterocycles. The van der Waals surface area contributed by atoms with Crippen molar-refractivity contribution in [3.05, 3.63) is 17.2 Å². The maximum Gasteiger partial charge on any atom is 0.287 e. The van der Waals surface area contributed by atoms with Crippen LogP contribution in [0.1, 0.15) is 53.5 Å². The van der Waals surface area contributed by atoms with Gasteiger partial charge in [0.05, 0.1) is 5.69 Å². The first-order valence-electron chi connectivity index (χ1n) is 8.23. The van der Waals surface area contributed by atoms with Crippen LogP contribution in [0.5, 0.6) is 0 Å². The van der Waals surface area contributed by atoms with Gasteiger partial charge in [-0.05, 0) is 47.2 Å². The topological polar surface area (TPSA) is 79.3 Å². The van der Waals surface area contributed by atoms with E-state index in [1.54, 1.807) is 0 Å². The highest BCUT2D eigenvalue weighted by atomic mass is 16.2. The van der Waals surface area contributed by atoms with Gasteiger partial charge in [0.2, 0.25) is 0 Å². The molecule has 2 rings (SSSR count). The molecule has 1 aliphatic rings. The largest absolute Gasteiger partial charge is 0.349 e. The second kappa shape index (κ2) is 7.59. The van der Waals surface area contributed by atoms with Gasteiger partial charge in [0.15, 0.2) is 5.82 Å². The first kappa shape index (κ1) is 17.5. The summed E-state index contributed by atoms with van der Waals surface area (Å²) in [5.74, 6) is -0.0530. The van der Waals surface area contributed by atoms with Crippen LogP contribution >= 0.6 is 0 Å². The van der Waals surface area contributed by atoms with Crippen LogP contribution in [0.15, 0.2) is 0 Å². The molecule has 23 heavy (non-hydrogen) atoms. The van der Waals surface area contributed by atoms with E-state index in [0.717, 1.165) is 38.0 Å². The Hall–Kier alpha value is -1.89. The van der Waals surface area contributed by atoms with Crippen LogP contribution in [-0.2, 0) is 13.0 Å². The lowest BCUT2D eigenvalue weighted by atomic mass is 10.1. The van der Waals surface area contributed by atoms with E-state index in [0.29, 0.717) is 18.1 Å². The zero-order chi connectivity index (χ0) is 17.0. The minimum absolute atomic E-state index is 0.0383. The number of carbonyl (C=O) groups is 2. The minimum atomic E-state index is -0.213. The standard InChI is InChI=1S/C16H27N5O2/c1-11(2)18-16(23)14-19-13(12-7-5-6-9-21(12)14)15(22)17-8-10-20(3)4/h11H,5-10H2,1-4H3,(H,17,22)(H,18,23). The molecule has 2 N–H and O–H groups in total. The Labute approximate surface area is 137 Å². The van der Waals surface area contributed by atoms with Crippen molar-refractivity contribution in [2.24, 2.45) is 0 Å². The number of rotatable bonds is 6. The van der Waals surface area contributed by atoms with Crippen LogP contribution < -0.4 is 10.6 Å². The highest BCUT2D eigenvalue weighted by Gasteiger charge is 2.27. The lowest BCUT2D eigenvalue weighted by Crippen LogP contribution is -2.33. The lowest BCUT2D eigenvalue weighted by Gasteiger charge is -2.17. The van der Waals surface area contributed by atoms with Crippen LogP contribution in [0.4, 0.5) is 0 Å². The third-order valence-electron chi connectivity index (χ3n) is 3.80. The highest BCUT2D eigenvalue weighted by molar-refractivity contribution is 5.97. The van der Waals surface area contributed by atoms with Gasteiger partial charge in [0.1, 0.15) is 5.69 Å². The maximum atomic E-state index is 12.4. The summed E-state index contributed by atoms with van der Waals surface area (Å²) in [5, 5.41) is 5.74. The fourth-order valence-corrected chi connectivity index (χ4v) is 2.70. The van der Waals surface area contributed by atoms with E-state index in [-0.39, 0.29) is 17.9 Å². The quantitative estimate of drug-likeness (QED) is 0.806. The molecule has 2 heterocycles. The summed E-state index contributed by atoms with van der Waals surface area (Å²) in [6.07, 6.45) is 2.82. The van der Waals surface area contributed by atoms with Gasteiger partial charge in [-0.25, -0.2) is 4.98 Å². The Morgan fingerprint density at radius 3 is 2.65 bits per heavy atom. The highest BCUT2D eigenvalue weighted by Crippen LogP contribution is 2.21. The van der Waals surface area contributed by atoms with Crippen LogP contribution in [0, 0.1) is 0 Å². The molecule has 1 aromatic heterocycles. The monoisotopic (exact) mass is 321 g/mol. The maximum absolute atomic E-state index is 12.4. The van der Waals surface area contributed by atoms with Crippen LogP contribution in [0.2, 0.25) is 0 Å². The van der Waals surface area contributed by atoms with Crippen molar-refractivity contribution in [3.63, 3.8) is 0 Å². The van der Waals surface area contributed by atoms with Crippen LogP contribution in [0.25, 0.3) is 0 Å². The number of nitrogens with one attached hydrogen (secondary N) is 2. The van der Waals surface area contributed by atoms with E-state index < -0.39 is 0 Å². The van der Waals surface area contributed by atoms with E-state index in [9.17, 15) is 9.59 Å². The second-order valence-electron chi connectivity index (χ2n) is 6.53. The van der Waals surface area contributed by atoms with E-state index in [1.165, 1.54) is 0 Å². The number of nitrogens with zero attached hydrogens (tertiary/aromatic N) is 3. The number of hydrogen-bond acceptors (Lipinski definition) is 4. The van der Waals surface area contributed by atoms with Gasteiger partial charge in [-0.1, -0.05) is 0 Å². The summed E-state index contributed by atoms with van der Waals surface area (Å²) in [4.78, 5) is 31.1. The number of likely N-dealkylation sites (N-methyl/N-ethyl adjacent to an activating group) is 1. The van der Waals surface area contributed by atoms with Crippen molar-refractivity contribution in [1.82, 2.24) is 25.1 Å². The Morgan fingerprint density at radius 1 is 1.26 bits per heavy atom. The van der Waals surface area contributed by atoms with E-state index in [2.05, 4.69) is 15.6 Å². The molecule has 1 aromatic rings. The molecule has 0 atom stereocenters. The van der Waals surface area contributed by atoms with E-state index in [4.69, 9.17) is 0 Å². The average molecular weight is 321 g/mol. The average Bonchev–Trinajstić information content (AvgIpc) is 2.85. The normalized spacial score (nSPS) is 14.0. The predicted molar refractivity (Wildman–Crippen MR) is 88.7 cm³/mol. The van der Waals surface area contributed by atoms with Gasteiger partial charge >= 0.3 is 0 Å². The third kappa shape index (κ3) is 4.31. The Bertz CT molecular complexity index is 577. The number of amides is 2. The van der Waals surface area contributed by atoms with Gasteiger partial charge in [0.25, 0.3) is 11.8 Å². The number of imidazole rings is 1. The Balaban J connectivity index is 2.21. The van der Waals surface area contributed by atoms with Crippen molar-refractivity contribution in [2.45, 2.75) is 45.7 Å². The smallest absolute Gasteiger partial charge is 0.287 e. The fraction of sp³-hybridized carbons (Fsp3) is 0.688. The summed E-state index contributed by atoms with van der Waals surface area (Å²) in [7, 11) is 3.91. The summed E-state index contributed by atoms with van der Waals surface area (Å²) < 4.78 is 1.90. The molecule has 0 bridgehead atoms. The van der Waals surface area contributed by atoms with Gasteiger partial charge < -0.3 is 20.1 Å². The molecular formula is C16H27N5O2. The summed E-state index contributed by atoms with van der Waals surface area (Å²) in [5.41, 5.74) is 1.28. The Morgan fingerprint density at radius 2 is 2.00 bits per heavy atom. The van der Waals surface area contributed by atoms with E-state index >= 15 is 0 Å². The molecule has 1 aliphatic heterocycles. The Kier molecular flexibility index (Phi) is 5.76. The number of aromatic nitrogens is 2. The summed E-state index contributed by atoms with van der Waals surface area (Å²) in [6.45, 7) is 5.89. The fourth-order valence-electron chi connectivity index (χ4n) is 2.70. The van der Waals surface area contributed by atoms with Crippen molar-refractivity contribution < 1.29 is 9.59 Å². The molecule has 0 aliphatic carbocycles. The number of fused-ring (bicyclic) bond motifs is 1. The molecule has 7 heteroatoms. The molecule has 0 unspecified atom stereocenters. The predicted octanol–water partition coefficient (Wildman–Crippen LogP) is 0.649. The van der Waals surface area contributed by atoms with Crippen molar-refractivity contribution in [1.29, 1.82) is 0 Å². The first-order valence-corrected chi connectivity index (χ1v) is 8.23. The lowest BCUT2D eigenvalue weighted by molar-refractivity contribution is 0.0927.